The van der Waals surface area contributed by atoms with Crippen molar-refractivity contribution in [3.8, 4) is 0 Å². The third-order valence-corrected chi connectivity index (χ3v) is 4.07. The molecule has 1 aliphatic rings. The van der Waals surface area contributed by atoms with E-state index in [1.54, 1.807) is 6.20 Å². The van der Waals surface area contributed by atoms with Crippen LogP contribution >= 0.6 is 0 Å². The maximum atomic E-state index is 12.4. The van der Waals surface area contributed by atoms with Crippen LogP contribution in [0.5, 0.6) is 0 Å². The summed E-state index contributed by atoms with van der Waals surface area (Å²) >= 11 is 0. The smallest absolute Gasteiger partial charge is 0.410 e. The number of pyridine rings is 1. The number of carbonyl (C=O) groups excluding carboxylic acids is 1. The van der Waals surface area contributed by atoms with E-state index in [9.17, 15) is 4.79 Å². The van der Waals surface area contributed by atoms with Gasteiger partial charge in [-0.3, -0.25) is 4.98 Å². The highest BCUT2D eigenvalue weighted by Gasteiger charge is 2.29. The van der Waals surface area contributed by atoms with Crippen molar-refractivity contribution in [2.75, 3.05) is 13.2 Å². The van der Waals surface area contributed by atoms with E-state index in [1.165, 1.54) is 6.42 Å². The molecular weight excluding hydrogens is 304 g/mol. The van der Waals surface area contributed by atoms with E-state index in [0.717, 1.165) is 37.8 Å². The Balaban J connectivity index is 1.72. The topological polar surface area (TPSA) is 51.7 Å². The lowest BCUT2D eigenvalue weighted by Crippen LogP contribution is -2.46. The lowest BCUT2D eigenvalue weighted by atomic mass is 9.98. The number of rotatable bonds is 6. The van der Waals surface area contributed by atoms with Crippen LogP contribution in [0.25, 0.3) is 0 Å². The van der Waals surface area contributed by atoms with Crippen LogP contribution in [0.4, 0.5) is 4.79 Å². The molecule has 0 spiro atoms. The molecule has 1 fully saturated rings. The Hall–Kier alpha value is -1.62. The molecule has 5 nitrogen and oxygen atoms in total. The van der Waals surface area contributed by atoms with Gasteiger partial charge in [0.2, 0.25) is 0 Å². The Morgan fingerprint density at radius 3 is 2.92 bits per heavy atom. The van der Waals surface area contributed by atoms with Crippen LogP contribution in [0.1, 0.15) is 58.4 Å². The lowest BCUT2D eigenvalue weighted by Gasteiger charge is -2.36. The van der Waals surface area contributed by atoms with E-state index in [0.29, 0.717) is 13.2 Å². The highest BCUT2D eigenvalue weighted by molar-refractivity contribution is 5.68. The first-order valence-corrected chi connectivity index (χ1v) is 8.92. The van der Waals surface area contributed by atoms with E-state index in [2.05, 4.69) is 4.98 Å². The molecule has 0 bridgehead atoms. The van der Waals surface area contributed by atoms with Crippen molar-refractivity contribution in [2.24, 2.45) is 0 Å². The molecule has 0 aliphatic carbocycles. The third-order valence-electron chi connectivity index (χ3n) is 4.07. The zero-order valence-corrected chi connectivity index (χ0v) is 15.2. The molecule has 1 saturated heterocycles. The minimum absolute atomic E-state index is 0.177. The molecule has 24 heavy (non-hydrogen) atoms. The van der Waals surface area contributed by atoms with E-state index in [1.807, 2.05) is 44.0 Å². The first-order valence-electron chi connectivity index (χ1n) is 8.92. The number of amides is 1. The van der Waals surface area contributed by atoms with Crippen LogP contribution in [-0.2, 0) is 16.1 Å². The van der Waals surface area contributed by atoms with Gasteiger partial charge in [-0.25, -0.2) is 4.79 Å². The van der Waals surface area contributed by atoms with E-state index < -0.39 is 5.60 Å². The molecule has 2 heterocycles. The molecule has 0 unspecified atom stereocenters. The van der Waals surface area contributed by atoms with Gasteiger partial charge in [0.15, 0.2) is 0 Å². The Bertz CT molecular complexity index is 499. The first-order chi connectivity index (χ1) is 11.5. The number of aromatic nitrogens is 1. The zero-order valence-electron chi connectivity index (χ0n) is 15.2. The molecule has 134 valence electrons. The second kappa shape index (κ2) is 9.02. The summed E-state index contributed by atoms with van der Waals surface area (Å²) in [6.07, 6.45) is 8.62. The standard InChI is InChI=1S/C19H30N2O3/c1-19(2,3)24-18(22)21-12-5-4-9-17(21)10-7-13-23-15-16-8-6-11-20-14-16/h6,8,11,14,17H,4-5,7,9-10,12-13,15H2,1-3H3/t17-/m1/s1. The van der Waals surface area contributed by atoms with Gasteiger partial charge in [-0.05, 0) is 64.5 Å². The van der Waals surface area contributed by atoms with Gasteiger partial charge in [0, 0.05) is 31.6 Å². The summed E-state index contributed by atoms with van der Waals surface area (Å²) in [5.74, 6) is 0. The molecule has 0 aromatic carbocycles. The Kier molecular flexibility index (Phi) is 7.03. The molecular formula is C19H30N2O3. The predicted octanol–water partition coefficient (Wildman–Crippen LogP) is 4.17. The van der Waals surface area contributed by atoms with Crippen LogP contribution in [0.15, 0.2) is 24.5 Å². The van der Waals surface area contributed by atoms with Crippen molar-refractivity contribution in [3.05, 3.63) is 30.1 Å². The largest absolute Gasteiger partial charge is 0.444 e. The van der Waals surface area contributed by atoms with Crippen molar-refractivity contribution >= 4 is 6.09 Å². The molecule has 1 aromatic heterocycles. The minimum Gasteiger partial charge on any atom is -0.444 e. The average molecular weight is 334 g/mol. The lowest BCUT2D eigenvalue weighted by molar-refractivity contribution is 0.00726. The molecule has 1 aromatic rings. The fraction of sp³-hybridized carbons (Fsp3) is 0.684. The molecule has 1 atom stereocenters. The molecule has 1 amide bonds. The highest BCUT2D eigenvalue weighted by atomic mass is 16.6. The van der Waals surface area contributed by atoms with Crippen LogP contribution in [0.2, 0.25) is 0 Å². The summed E-state index contributed by atoms with van der Waals surface area (Å²) < 4.78 is 11.3. The number of likely N-dealkylation sites (tertiary alicyclic amines) is 1. The first kappa shape index (κ1) is 18.7. The normalized spacial score (nSPS) is 18.5. The zero-order chi connectivity index (χ0) is 17.4. The van der Waals surface area contributed by atoms with Gasteiger partial charge >= 0.3 is 6.09 Å². The maximum absolute atomic E-state index is 12.4. The van der Waals surface area contributed by atoms with Gasteiger partial charge in [-0.2, -0.15) is 0 Å². The summed E-state index contributed by atoms with van der Waals surface area (Å²) in [6.45, 7) is 7.83. The SMILES string of the molecule is CC(C)(C)OC(=O)N1CCCC[C@@H]1CCCOCc1cccnc1. The van der Waals surface area contributed by atoms with Crippen molar-refractivity contribution in [1.29, 1.82) is 0 Å². The Morgan fingerprint density at radius 1 is 1.38 bits per heavy atom. The summed E-state index contributed by atoms with van der Waals surface area (Å²) in [7, 11) is 0. The van der Waals surface area contributed by atoms with Gasteiger partial charge in [0.05, 0.1) is 6.61 Å². The summed E-state index contributed by atoms with van der Waals surface area (Å²) in [6, 6.07) is 4.20. The second-order valence-electron chi connectivity index (χ2n) is 7.38. The number of hydrogen-bond acceptors (Lipinski definition) is 4. The molecule has 1 aliphatic heterocycles. The van der Waals surface area contributed by atoms with Gasteiger partial charge < -0.3 is 14.4 Å². The van der Waals surface area contributed by atoms with Crippen LogP contribution in [-0.4, -0.2) is 40.8 Å². The van der Waals surface area contributed by atoms with E-state index in [-0.39, 0.29) is 12.1 Å². The monoisotopic (exact) mass is 334 g/mol. The predicted molar refractivity (Wildman–Crippen MR) is 93.7 cm³/mol. The van der Waals surface area contributed by atoms with Crippen LogP contribution < -0.4 is 0 Å². The maximum Gasteiger partial charge on any atom is 0.410 e. The quantitative estimate of drug-likeness (QED) is 0.733. The molecule has 5 heteroatoms. The van der Waals surface area contributed by atoms with Crippen molar-refractivity contribution in [1.82, 2.24) is 9.88 Å². The van der Waals surface area contributed by atoms with Crippen molar-refractivity contribution < 1.29 is 14.3 Å². The Morgan fingerprint density at radius 2 is 2.21 bits per heavy atom. The summed E-state index contributed by atoms with van der Waals surface area (Å²) in [5, 5.41) is 0. The van der Waals surface area contributed by atoms with E-state index >= 15 is 0 Å². The fourth-order valence-corrected chi connectivity index (χ4v) is 2.96. The second-order valence-corrected chi connectivity index (χ2v) is 7.38. The average Bonchev–Trinajstić information content (AvgIpc) is 2.54. The Labute approximate surface area is 145 Å². The van der Waals surface area contributed by atoms with Crippen LogP contribution in [0.3, 0.4) is 0 Å². The van der Waals surface area contributed by atoms with Gasteiger partial charge in [-0.15, -0.1) is 0 Å². The molecule has 0 N–H and O–H groups in total. The van der Waals surface area contributed by atoms with Crippen molar-refractivity contribution in [3.63, 3.8) is 0 Å². The van der Waals surface area contributed by atoms with E-state index in [4.69, 9.17) is 9.47 Å². The number of nitrogens with zero attached hydrogens (tertiary/aromatic N) is 2. The summed E-state index contributed by atoms with van der Waals surface area (Å²) in [5.41, 5.74) is 0.650. The third kappa shape index (κ3) is 6.48. The fourth-order valence-electron chi connectivity index (χ4n) is 2.96. The number of ether oxygens (including phenoxy) is 2. The number of hydrogen-bond donors (Lipinski definition) is 0. The summed E-state index contributed by atoms with van der Waals surface area (Å²) in [4.78, 5) is 18.4. The number of piperidine rings is 1. The van der Waals surface area contributed by atoms with Crippen molar-refractivity contribution in [2.45, 2.75) is 71.1 Å². The minimum atomic E-state index is -0.439. The highest BCUT2D eigenvalue weighted by Crippen LogP contribution is 2.23. The number of carbonyl (C=O) groups is 1. The van der Waals surface area contributed by atoms with Gasteiger partial charge in [0.25, 0.3) is 0 Å². The molecule has 0 saturated carbocycles. The van der Waals surface area contributed by atoms with Crippen LogP contribution in [0, 0.1) is 0 Å². The van der Waals surface area contributed by atoms with Gasteiger partial charge in [0.1, 0.15) is 5.60 Å². The molecule has 0 radical (unpaired) electrons. The molecule has 2 rings (SSSR count). The van der Waals surface area contributed by atoms with Gasteiger partial charge in [-0.1, -0.05) is 6.07 Å².